The number of hydrogen-bond donors (Lipinski definition) is 1. The molecule has 0 radical (unpaired) electrons. The van der Waals surface area contributed by atoms with Gasteiger partial charge in [0.25, 0.3) is 0 Å². The Morgan fingerprint density at radius 3 is 2.26 bits per heavy atom. The molecule has 0 saturated carbocycles. The number of alkyl carbamates (subject to hydrolysis) is 1. The highest BCUT2D eigenvalue weighted by Crippen LogP contribution is 2.19. The molecule has 3 aromatic rings. The first-order chi connectivity index (χ1) is 17.1. The number of aromatic nitrogens is 1. The van der Waals surface area contributed by atoms with E-state index in [0.717, 1.165) is 11.1 Å². The molecule has 178 valence electrons. The number of nitrogens with one attached hydrogen (secondary N) is 1. The van der Waals surface area contributed by atoms with Crippen molar-refractivity contribution in [3.05, 3.63) is 95.7 Å². The largest absolute Gasteiger partial charge is 0.445 e. The summed E-state index contributed by atoms with van der Waals surface area (Å²) in [6.45, 7) is 2.16. The van der Waals surface area contributed by atoms with Crippen LogP contribution in [0.4, 0.5) is 10.6 Å². The van der Waals surface area contributed by atoms with Gasteiger partial charge >= 0.3 is 6.09 Å². The van der Waals surface area contributed by atoms with Gasteiger partial charge in [0.1, 0.15) is 24.5 Å². The number of piperazine rings is 1. The lowest BCUT2D eigenvalue weighted by Gasteiger charge is -2.37. The molecule has 1 atom stereocenters. The molecule has 0 spiro atoms. The summed E-state index contributed by atoms with van der Waals surface area (Å²) in [5, 5.41) is 12.1. The fourth-order valence-electron chi connectivity index (χ4n) is 4.05. The SMILES string of the molecule is N#Cc1cccnc1N1CCN(C(=O)C(Cc2ccccc2)NC(=O)OCc2ccccc2)CC1. The van der Waals surface area contributed by atoms with Crippen LogP contribution in [0.25, 0.3) is 0 Å². The molecule has 8 heteroatoms. The lowest BCUT2D eigenvalue weighted by Crippen LogP contribution is -2.55. The van der Waals surface area contributed by atoms with Crippen molar-refractivity contribution in [3.8, 4) is 6.07 Å². The number of pyridine rings is 1. The Morgan fingerprint density at radius 2 is 1.60 bits per heavy atom. The van der Waals surface area contributed by atoms with E-state index < -0.39 is 12.1 Å². The Bertz CT molecular complexity index is 1170. The van der Waals surface area contributed by atoms with Gasteiger partial charge in [-0.05, 0) is 23.3 Å². The molecule has 35 heavy (non-hydrogen) atoms. The summed E-state index contributed by atoms with van der Waals surface area (Å²) >= 11 is 0. The van der Waals surface area contributed by atoms with E-state index in [0.29, 0.717) is 44.0 Å². The number of ether oxygens (including phenoxy) is 1. The molecule has 2 heterocycles. The molecule has 2 amide bonds. The Morgan fingerprint density at radius 1 is 0.943 bits per heavy atom. The van der Waals surface area contributed by atoms with Crippen LogP contribution in [0.2, 0.25) is 0 Å². The average molecular weight is 470 g/mol. The summed E-state index contributed by atoms with van der Waals surface area (Å²) in [5.74, 6) is 0.470. The van der Waals surface area contributed by atoms with Crippen LogP contribution < -0.4 is 10.2 Å². The van der Waals surface area contributed by atoms with Crippen LogP contribution in [0, 0.1) is 11.3 Å². The number of carbonyl (C=O) groups excluding carboxylic acids is 2. The van der Waals surface area contributed by atoms with Gasteiger partial charge in [-0.2, -0.15) is 5.26 Å². The highest BCUT2D eigenvalue weighted by Gasteiger charge is 2.30. The quantitative estimate of drug-likeness (QED) is 0.571. The van der Waals surface area contributed by atoms with Gasteiger partial charge in [-0.1, -0.05) is 60.7 Å². The van der Waals surface area contributed by atoms with Crippen LogP contribution in [0.15, 0.2) is 79.0 Å². The van der Waals surface area contributed by atoms with Crippen LogP contribution in [0.1, 0.15) is 16.7 Å². The molecule has 1 aromatic heterocycles. The molecule has 1 saturated heterocycles. The van der Waals surface area contributed by atoms with E-state index in [1.807, 2.05) is 65.6 Å². The number of anilines is 1. The first-order valence-electron chi connectivity index (χ1n) is 11.5. The zero-order valence-corrected chi connectivity index (χ0v) is 19.3. The van der Waals surface area contributed by atoms with Crippen molar-refractivity contribution < 1.29 is 14.3 Å². The molecule has 1 aliphatic heterocycles. The fourth-order valence-corrected chi connectivity index (χ4v) is 4.05. The number of nitriles is 1. The van der Waals surface area contributed by atoms with E-state index >= 15 is 0 Å². The van der Waals surface area contributed by atoms with Gasteiger partial charge in [0, 0.05) is 38.8 Å². The second kappa shape index (κ2) is 11.7. The van der Waals surface area contributed by atoms with E-state index in [-0.39, 0.29) is 12.5 Å². The van der Waals surface area contributed by atoms with Gasteiger partial charge in [-0.25, -0.2) is 9.78 Å². The normalized spacial score (nSPS) is 14.0. The van der Waals surface area contributed by atoms with E-state index in [1.165, 1.54) is 0 Å². The van der Waals surface area contributed by atoms with Gasteiger partial charge in [-0.3, -0.25) is 4.79 Å². The van der Waals surface area contributed by atoms with Crippen LogP contribution in [-0.4, -0.2) is 54.1 Å². The summed E-state index contributed by atoms with van der Waals surface area (Å²) in [4.78, 5) is 34.1. The number of carbonyl (C=O) groups is 2. The van der Waals surface area contributed by atoms with Crippen LogP contribution in [0.3, 0.4) is 0 Å². The second-order valence-electron chi connectivity index (χ2n) is 8.25. The highest BCUT2D eigenvalue weighted by molar-refractivity contribution is 5.86. The van der Waals surface area contributed by atoms with Crippen molar-refractivity contribution in [2.75, 3.05) is 31.1 Å². The van der Waals surface area contributed by atoms with E-state index in [1.54, 1.807) is 23.2 Å². The van der Waals surface area contributed by atoms with Crippen molar-refractivity contribution in [3.63, 3.8) is 0 Å². The second-order valence-corrected chi connectivity index (χ2v) is 8.25. The Labute approximate surface area is 204 Å². The smallest absolute Gasteiger partial charge is 0.408 e. The summed E-state index contributed by atoms with van der Waals surface area (Å²) in [7, 11) is 0. The third kappa shape index (κ3) is 6.36. The molecule has 0 aliphatic carbocycles. The molecule has 8 nitrogen and oxygen atoms in total. The first kappa shape index (κ1) is 23.8. The third-order valence-electron chi connectivity index (χ3n) is 5.88. The molecular weight excluding hydrogens is 442 g/mol. The van der Waals surface area contributed by atoms with Crippen LogP contribution in [-0.2, 0) is 22.6 Å². The predicted molar refractivity (Wildman–Crippen MR) is 131 cm³/mol. The highest BCUT2D eigenvalue weighted by atomic mass is 16.5. The predicted octanol–water partition coefficient (Wildman–Crippen LogP) is 3.14. The number of rotatable bonds is 7. The van der Waals surface area contributed by atoms with Crippen LogP contribution in [0.5, 0.6) is 0 Å². The zero-order chi connectivity index (χ0) is 24.5. The number of hydrogen-bond acceptors (Lipinski definition) is 6. The molecule has 2 aromatic carbocycles. The topological polar surface area (TPSA) is 98.6 Å². The van der Waals surface area contributed by atoms with Gasteiger partial charge in [-0.15, -0.1) is 0 Å². The molecule has 1 N–H and O–H groups in total. The van der Waals surface area contributed by atoms with Gasteiger partial charge in [0.2, 0.25) is 5.91 Å². The molecule has 0 bridgehead atoms. The summed E-state index contributed by atoms with van der Waals surface area (Å²) in [6.07, 6.45) is 1.39. The lowest BCUT2D eigenvalue weighted by molar-refractivity contribution is -0.133. The monoisotopic (exact) mass is 469 g/mol. The van der Waals surface area contributed by atoms with Crippen molar-refractivity contribution in [2.45, 2.75) is 19.1 Å². The van der Waals surface area contributed by atoms with Gasteiger partial charge in [0.15, 0.2) is 0 Å². The van der Waals surface area contributed by atoms with E-state index in [2.05, 4.69) is 16.4 Å². The minimum Gasteiger partial charge on any atom is -0.445 e. The first-order valence-corrected chi connectivity index (χ1v) is 11.5. The fraction of sp³-hybridized carbons (Fsp3) is 0.259. The van der Waals surface area contributed by atoms with Crippen molar-refractivity contribution in [2.24, 2.45) is 0 Å². The lowest BCUT2D eigenvalue weighted by atomic mass is 10.0. The number of nitrogens with zero attached hydrogens (tertiary/aromatic N) is 4. The Balaban J connectivity index is 1.40. The summed E-state index contributed by atoms with van der Waals surface area (Å²) < 4.78 is 5.37. The molecule has 1 aliphatic rings. The summed E-state index contributed by atoms with van der Waals surface area (Å²) in [6, 6.07) is 23.9. The average Bonchev–Trinajstić information content (AvgIpc) is 2.92. The van der Waals surface area contributed by atoms with Gasteiger partial charge < -0.3 is 19.9 Å². The van der Waals surface area contributed by atoms with Crippen molar-refractivity contribution in [1.82, 2.24) is 15.2 Å². The third-order valence-corrected chi connectivity index (χ3v) is 5.88. The Kier molecular flexibility index (Phi) is 7.92. The molecule has 4 rings (SSSR count). The number of amides is 2. The number of benzene rings is 2. The minimum atomic E-state index is -0.753. The molecular formula is C27H27N5O3. The maximum absolute atomic E-state index is 13.4. The standard InChI is InChI=1S/C27H27N5O3/c28-19-23-12-7-13-29-25(23)31-14-16-32(17-15-31)26(33)24(18-21-8-3-1-4-9-21)30-27(34)35-20-22-10-5-2-6-11-22/h1-13,24H,14-18,20H2,(H,30,34). The Hall–Kier alpha value is -4.38. The zero-order valence-electron chi connectivity index (χ0n) is 19.3. The molecule has 1 unspecified atom stereocenters. The van der Waals surface area contributed by atoms with E-state index in [4.69, 9.17) is 4.74 Å². The van der Waals surface area contributed by atoms with E-state index in [9.17, 15) is 14.9 Å². The van der Waals surface area contributed by atoms with Crippen molar-refractivity contribution in [1.29, 1.82) is 5.26 Å². The van der Waals surface area contributed by atoms with Crippen LogP contribution >= 0.6 is 0 Å². The van der Waals surface area contributed by atoms with Crippen molar-refractivity contribution >= 4 is 17.8 Å². The minimum absolute atomic E-state index is 0.128. The maximum Gasteiger partial charge on any atom is 0.408 e. The van der Waals surface area contributed by atoms with Gasteiger partial charge in [0.05, 0.1) is 5.56 Å². The summed E-state index contributed by atoms with van der Waals surface area (Å²) in [5.41, 5.74) is 2.33. The maximum atomic E-state index is 13.4. The molecule has 1 fully saturated rings.